The zero-order valence-corrected chi connectivity index (χ0v) is 13.4. The number of nitrogens with zero attached hydrogens (tertiary/aromatic N) is 2. The van der Waals surface area contributed by atoms with Crippen molar-refractivity contribution in [2.45, 2.75) is 6.54 Å². The van der Waals surface area contributed by atoms with E-state index < -0.39 is 0 Å². The van der Waals surface area contributed by atoms with Gasteiger partial charge in [0.25, 0.3) is 5.91 Å². The van der Waals surface area contributed by atoms with Gasteiger partial charge in [0.1, 0.15) is 0 Å². The molecule has 4 nitrogen and oxygen atoms in total. The van der Waals surface area contributed by atoms with Crippen LogP contribution in [0.15, 0.2) is 58.6 Å². The zero-order chi connectivity index (χ0) is 14.7. The monoisotopic (exact) mass is 361 g/mol. The molecule has 0 aliphatic rings. The molecule has 2 aromatic heterocycles. The Balaban J connectivity index is 1.64. The van der Waals surface area contributed by atoms with Gasteiger partial charge in [0.05, 0.1) is 20.5 Å². The molecule has 0 saturated heterocycles. The van der Waals surface area contributed by atoms with Gasteiger partial charge >= 0.3 is 0 Å². The Hall–Kier alpha value is -1.92. The largest absolute Gasteiger partial charge is 0.347 e. The van der Waals surface area contributed by atoms with E-state index in [1.165, 1.54) is 11.3 Å². The predicted octanol–water partition coefficient (Wildman–Crippen LogP) is 3.63. The second-order valence-electron chi connectivity index (χ2n) is 4.42. The Bertz CT molecular complexity index is 751. The van der Waals surface area contributed by atoms with Crippen LogP contribution in [0.4, 0.5) is 0 Å². The highest BCUT2D eigenvalue weighted by Gasteiger charge is 2.08. The van der Waals surface area contributed by atoms with Gasteiger partial charge < -0.3 is 5.32 Å². The summed E-state index contributed by atoms with van der Waals surface area (Å²) in [7, 11) is 0. The number of rotatable bonds is 4. The summed E-state index contributed by atoms with van der Waals surface area (Å²) in [5.41, 5.74) is 1.96. The van der Waals surface area contributed by atoms with Crippen molar-refractivity contribution in [3.05, 3.63) is 69.1 Å². The molecule has 1 amide bonds. The summed E-state index contributed by atoms with van der Waals surface area (Å²) in [4.78, 5) is 12.7. The first-order chi connectivity index (χ1) is 10.2. The Morgan fingerprint density at radius 2 is 2.05 bits per heavy atom. The van der Waals surface area contributed by atoms with E-state index in [2.05, 4.69) is 26.3 Å². The van der Waals surface area contributed by atoms with E-state index in [-0.39, 0.29) is 5.91 Å². The number of carbonyl (C=O) groups excluding carboxylic acids is 1. The summed E-state index contributed by atoms with van der Waals surface area (Å²) < 4.78 is 2.74. The maximum atomic E-state index is 12.0. The van der Waals surface area contributed by atoms with Crippen molar-refractivity contribution in [3.8, 4) is 5.69 Å². The molecule has 3 rings (SSSR count). The average Bonchev–Trinajstić information content (AvgIpc) is 3.15. The predicted molar refractivity (Wildman–Crippen MR) is 86.8 cm³/mol. The normalized spacial score (nSPS) is 10.5. The van der Waals surface area contributed by atoms with Gasteiger partial charge in [0.15, 0.2) is 0 Å². The standard InChI is InChI=1S/C15H12BrN3OS/c16-14-7-6-13(21-14)15(20)17-8-11-9-18-19(10-11)12-4-2-1-3-5-12/h1-7,9-10H,8H2,(H,17,20). The smallest absolute Gasteiger partial charge is 0.261 e. The van der Waals surface area contributed by atoms with E-state index in [4.69, 9.17) is 0 Å². The number of para-hydroxylation sites is 1. The van der Waals surface area contributed by atoms with Crippen LogP contribution in [0.1, 0.15) is 15.2 Å². The number of nitrogens with one attached hydrogen (secondary N) is 1. The van der Waals surface area contributed by atoms with Crippen molar-refractivity contribution in [2.24, 2.45) is 0 Å². The number of amides is 1. The van der Waals surface area contributed by atoms with Crippen LogP contribution in [0, 0.1) is 0 Å². The number of thiophene rings is 1. The summed E-state index contributed by atoms with van der Waals surface area (Å²) in [6, 6.07) is 13.5. The van der Waals surface area contributed by atoms with Crippen LogP contribution >= 0.6 is 27.3 Å². The number of halogens is 1. The second kappa shape index (κ2) is 6.24. The minimum Gasteiger partial charge on any atom is -0.347 e. The molecule has 1 aromatic carbocycles. The maximum Gasteiger partial charge on any atom is 0.261 e. The third-order valence-electron chi connectivity index (χ3n) is 2.91. The van der Waals surface area contributed by atoms with Crippen LogP contribution in [0.2, 0.25) is 0 Å². The van der Waals surface area contributed by atoms with Crippen molar-refractivity contribution in [3.63, 3.8) is 0 Å². The lowest BCUT2D eigenvalue weighted by Crippen LogP contribution is -2.21. The van der Waals surface area contributed by atoms with E-state index in [1.807, 2.05) is 42.6 Å². The van der Waals surface area contributed by atoms with Gasteiger partial charge in [-0.3, -0.25) is 4.79 Å². The van der Waals surface area contributed by atoms with Gasteiger partial charge in [-0.1, -0.05) is 18.2 Å². The number of carbonyl (C=O) groups is 1. The van der Waals surface area contributed by atoms with Crippen LogP contribution in [-0.4, -0.2) is 15.7 Å². The van der Waals surface area contributed by atoms with Crippen molar-refractivity contribution >= 4 is 33.2 Å². The van der Waals surface area contributed by atoms with Crippen LogP contribution in [0.5, 0.6) is 0 Å². The van der Waals surface area contributed by atoms with E-state index >= 15 is 0 Å². The highest BCUT2D eigenvalue weighted by Crippen LogP contribution is 2.21. The molecular formula is C15H12BrN3OS. The fraction of sp³-hybridized carbons (Fsp3) is 0.0667. The highest BCUT2D eigenvalue weighted by molar-refractivity contribution is 9.11. The zero-order valence-electron chi connectivity index (χ0n) is 11.0. The van der Waals surface area contributed by atoms with Gasteiger partial charge in [0.2, 0.25) is 0 Å². The fourth-order valence-corrected chi connectivity index (χ4v) is 3.18. The summed E-state index contributed by atoms with van der Waals surface area (Å²) >= 11 is 4.77. The SMILES string of the molecule is O=C(NCc1cnn(-c2ccccc2)c1)c1ccc(Br)s1. The van der Waals surface area contributed by atoms with Crippen LogP contribution < -0.4 is 5.32 Å². The number of hydrogen-bond acceptors (Lipinski definition) is 3. The number of benzene rings is 1. The quantitative estimate of drug-likeness (QED) is 0.771. The Labute approximate surface area is 134 Å². The molecule has 0 bridgehead atoms. The van der Waals surface area contributed by atoms with Gasteiger partial charge in [-0.05, 0) is 40.2 Å². The Morgan fingerprint density at radius 1 is 1.24 bits per heavy atom. The van der Waals surface area contributed by atoms with Crippen LogP contribution in [-0.2, 0) is 6.54 Å². The molecule has 2 heterocycles. The summed E-state index contributed by atoms with van der Waals surface area (Å²) in [6.07, 6.45) is 3.68. The highest BCUT2D eigenvalue weighted by atomic mass is 79.9. The second-order valence-corrected chi connectivity index (χ2v) is 6.88. The first-order valence-corrected chi connectivity index (χ1v) is 7.96. The molecule has 21 heavy (non-hydrogen) atoms. The summed E-state index contributed by atoms with van der Waals surface area (Å²) in [5.74, 6) is -0.0711. The Kier molecular flexibility index (Phi) is 4.17. The van der Waals surface area contributed by atoms with Gasteiger partial charge in [0, 0.05) is 18.3 Å². The molecule has 1 N–H and O–H groups in total. The molecule has 3 aromatic rings. The molecule has 0 unspecified atom stereocenters. The van der Waals surface area contributed by atoms with Crippen LogP contribution in [0.3, 0.4) is 0 Å². The molecule has 0 spiro atoms. The maximum absolute atomic E-state index is 12.0. The fourth-order valence-electron chi connectivity index (χ4n) is 1.88. The van der Waals surface area contributed by atoms with Crippen molar-refractivity contribution < 1.29 is 4.79 Å². The number of aromatic nitrogens is 2. The van der Waals surface area contributed by atoms with Gasteiger partial charge in [-0.25, -0.2) is 4.68 Å². The van der Waals surface area contributed by atoms with E-state index in [0.717, 1.165) is 15.0 Å². The van der Waals surface area contributed by atoms with Crippen molar-refractivity contribution in [2.75, 3.05) is 0 Å². The van der Waals surface area contributed by atoms with Crippen molar-refractivity contribution in [1.82, 2.24) is 15.1 Å². The lowest BCUT2D eigenvalue weighted by Gasteiger charge is -2.01. The molecule has 0 radical (unpaired) electrons. The Morgan fingerprint density at radius 3 is 2.76 bits per heavy atom. The molecule has 106 valence electrons. The first-order valence-electron chi connectivity index (χ1n) is 6.35. The molecule has 0 fully saturated rings. The van der Waals surface area contributed by atoms with E-state index in [1.54, 1.807) is 16.9 Å². The topological polar surface area (TPSA) is 46.9 Å². The molecule has 6 heteroatoms. The van der Waals surface area contributed by atoms with E-state index in [0.29, 0.717) is 11.4 Å². The summed E-state index contributed by atoms with van der Waals surface area (Å²) in [6.45, 7) is 0.460. The third kappa shape index (κ3) is 3.40. The first kappa shape index (κ1) is 14.0. The molecule has 0 saturated carbocycles. The average molecular weight is 362 g/mol. The minimum absolute atomic E-state index is 0.0711. The molecule has 0 aliphatic heterocycles. The molecular weight excluding hydrogens is 350 g/mol. The lowest BCUT2D eigenvalue weighted by molar-refractivity contribution is 0.0955. The van der Waals surface area contributed by atoms with Crippen molar-refractivity contribution in [1.29, 1.82) is 0 Å². The molecule has 0 atom stereocenters. The summed E-state index contributed by atoms with van der Waals surface area (Å²) in [5, 5.41) is 7.19. The van der Waals surface area contributed by atoms with E-state index in [9.17, 15) is 4.79 Å². The van der Waals surface area contributed by atoms with Gasteiger partial charge in [-0.15, -0.1) is 11.3 Å². The number of hydrogen-bond donors (Lipinski definition) is 1. The lowest BCUT2D eigenvalue weighted by atomic mass is 10.3. The van der Waals surface area contributed by atoms with Gasteiger partial charge in [-0.2, -0.15) is 5.10 Å². The van der Waals surface area contributed by atoms with Crippen LogP contribution in [0.25, 0.3) is 5.69 Å². The minimum atomic E-state index is -0.0711. The molecule has 0 aliphatic carbocycles. The third-order valence-corrected chi connectivity index (χ3v) is 4.53.